The summed E-state index contributed by atoms with van der Waals surface area (Å²) >= 11 is 0. The highest BCUT2D eigenvalue weighted by molar-refractivity contribution is 5.61. The number of aromatic nitrogens is 2. The predicted molar refractivity (Wildman–Crippen MR) is 56.9 cm³/mol. The number of aryl methyl sites for hydroxylation is 1. The Hall–Kier alpha value is -2.21. The van der Waals surface area contributed by atoms with Crippen molar-refractivity contribution < 1.29 is 0 Å². The van der Waals surface area contributed by atoms with Crippen LogP contribution in [0.4, 0.5) is 0 Å². The van der Waals surface area contributed by atoms with E-state index in [0.29, 0.717) is 11.4 Å². The van der Waals surface area contributed by atoms with E-state index >= 15 is 0 Å². The molecule has 1 heterocycles. The second kappa shape index (κ2) is 3.89. The number of hydrogen-bond donors (Lipinski definition) is 0. The average Bonchev–Trinajstić information content (AvgIpc) is 2.30. The summed E-state index contributed by atoms with van der Waals surface area (Å²) in [7, 11) is 0. The molecule has 0 aliphatic carbocycles. The zero-order valence-electron chi connectivity index (χ0n) is 8.31. The Balaban J connectivity index is 2.52. The first-order chi connectivity index (χ1) is 7.31. The Morgan fingerprint density at radius 3 is 2.53 bits per heavy atom. The average molecular weight is 195 g/mol. The maximum atomic E-state index is 8.74. The Morgan fingerprint density at radius 2 is 1.93 bits per heavy atom. The minimum absolute atomic E-state index is 0.659. The summed E-state index contributed by atoms with van der Waals surface area (Å²) in [4.78, 5) is 8.34. The van der Waals surface area contributed by atoms with Gasteiger partial charge in [-0.1, -0.05) is 0 Å². The van der Waals surface area contributed by atoms with Gasteiger partial charge in [0.05, 0.1) is 11.6 Å². The van der Waals surface area contributed by atoms with Gasteiger partial charge in [-0.05, 0) is 36.8 Å². The van der Waals surface area contributed by atoms with E-state index < -0.39 is 0 Å². The highest BCUT2D eigenvalue weighted by atomic mass is 14.8. The van der Waals surface area contributed by atoms with Crippen molar-refractivity contribution in [3.05, 3.63) is 47.8 Å². The fourth-order valence-corrected chi connectivity index (χ4v) is 1.42. The molecule has 1 aromatic heterocycles. The molecule has 2 rings (SSSR count). The number of nitrogens with zero attached hydrogens (tertiary/aromatic N) is 3. The number of nitriles is 1. The maximum absolute atomic E-state index is 8.74. The first kappa shape index (κ1) is 9.35. The highest BCUT2D eigenvalue weighted by Gasteiger charge is 2.04. The molecule has 0 atom stereocenters. The molecule has 0 saturated heterocycles. The molecule has 0 saturated carbocycles. The fourth-order valence-electron chi connectivity index (χ4n) is 1.42. The smallest absolute Gasteiger partial charge is 0.159 e. The van der Waals surface area contributed by atoms with Gasteiger partial charge >= 0.3 is 0 Å². The van der Waals surface area contributed by atoms with Crippen molar-refractivity contribution in [1.29, 1.82) is 5.26 Å². The third-order valence-electron chi connectivity index (χ3n) is 2.16. The molecule has 0 aliphatic heterocycles. The van der Waals surface area contributed by atoms with Crippen LogP contribution in [0.15, 0.2) is 36.7 Å². The van der Waals surface area contributed by atoms with E-state index in [4.69, 9.17) is 5.26 Å². The van der Waals surface area contributed by atoms with Gasteiger partial charge in [0.2, 0.25) is 0 Å². The third-order valence-corrected chi connectivity index (χ3v) is 2.16. The van der Waals surface area contributed by atoms with Gasteiger partial charge in [0, 0.05) is 18.0 Å². The zero-order valence-corrected chi connectivity index (χ0v) is 8.31. The molecular weight excluding hydrogens is 186 g/mol. The SMILES string of the molecule is Cc1cc(C#N)ccc1-c1ncccn1. The van der Waals surface area contributed by atoms with Crippen molar-refractivity contribution >= 4 is 0 Å². The van der Waals surface area contributed by atoms with E-state index in [1.54, 1.807) is 24.5 Å². The lowest BCUT2D eigenvalue weighted by molar-refractivity contribution is 1.17. The molecule has 0 bridgehead atoms. The van der Waals surface area contributed by atoms with Gasteiger partial charge in [-0.3, -0.25) is 0 Å². The van der Waals surface area contributed by atoms with Crippen molar-refractivity contribution in [2.24, 2.45) is 0 Å². The van der Waals surface area contributed by atoms with Crippen LogP contribution in [0.3, 0.4) is 0 Å². The Bertz CT molecular complexity index is 512. The summed E-state index contributed by atoms with van der Waals surface area (Å²) in [6.45, 7) is 1.95. The van der Waals surface area contributed by atoms with E-state index in [0.717, 1.165) is 11.1 Å². The fraction of sp³-hybridized carbons (Fsp3) is 0.0833. The van der Waals surface area contributed by atoms with Crippen LogP contribution in [-0.2, 0) is 0 Å². The van der Waals surface area contributed by atoms with Crippen LogP contribution in [0, 0.1) is 18.3 Å². The van der Waals surface area contributed by atoms with Gasteiger partial charge in [0.1, 0.15) is 0 Å². The third kappa shape index (κ3) is 1.84. The molecule has 0 unspecified atom stereocenters. The number of benzene rings is 1. The van der Waals surface area contributed by atoms with Gasteiger partial charge in [0.15, 0.2) is 5.82 Å². The van der Waals surface area contributed by atoms with Crippen molar-refractivity contribution in [2.45, 2.75) is 6.92 Å². The van der Waals surface area contributed by atoms with Crippen molar-refractivity contribution in [1.82, 2.24) is 9.97 Å². The molecule has 3 heteroatoms. The molecule has 2 aromatic rings. The summed E-state index contributed by atoms with van der Waals surface area (Å²) < 4.78 is 0. The monoisotopic (exact) mass is 195 g/mol. The molecule has 0 fully saturated rings. The summed E-state index contributed by atoms with van der Waals surface area (Å²) in [5, 5.41) is 8.74. The molecule has 0 N–H and O–H groups in total. The van der Waals surface area contributed by atoms with E-state index in [2.05, 4.69) is 16.0 Å². The molecule has 0 radical (unpaired) electrons. The Labute approximate surface area is 88.1 Å². The summed E-state index contributed by atoms with van der Waals surface area (Å²) in [6, 6.07) is 9.38. The number of hydrogen-bond acceptors (Lipinski definition) is 3. The quantitative estimate of drug-likeness (QED) is 0.701. The first-order valence-corrected chi connectivity index (χ1v) is 4.59. The van der Waals surface area contributed by atoms with Crippen LogP contribution in [-0.4, -0.2) is 9.97 Å². The van der Waals surface area contributed by atoms with Crippen LogP contribution in [0.25, 0.3) is 11.4 Å². The zero-order chi connectivity index (χ0) is 10.7. The summed E-state index contributed by atoms with van der Waals surface area (Å²) in [6.07, 6.45) is 3.42. The lowest BCUT2D eigenvalue weighted by Crippen LogP contribution is -1.90. The molecule has 72 valence electrons. The van der Waals surface area contributed by atoms with Crippen LogP contribution < -0.4 is 0 Å². The normalized spacial score (nSPS) is 9.60. The minimum Gasteiger partial charge on any atom is -0.237 e. The maximum Gasteiger partial charge on any atom is 0.159 e. The predicted octanol–water partition coefficient (Wildman–Crippen LogP) is 2.32. The van der Waals surface area contributed by atoms with Gasteiger partial charge in [-0.15, -0.1) is 0 Å². The van der Waals surface area contributed by atoms with E-state index in [1.165, 1.54) is 0 Å². The van der Waals surface area contributed by atoms with E-state index in [-0.39, 0.29) is 0 Å². The van der Waals surface area contributed by atoms with Crippen molar-refractivity contribution in [3.8, 4) is 17.5 Å². The van der Waals surface area contributed by atoms with Gasteiger partial charge in [-0.25, -0.2) is 9.97 Å². The molecular formula is C12H9N3. The lowest BCUT2D eigenvalue weighted by atomic mass is 10.1. The summed E-state index contributed by atoms with van der Waals surface area (Å²) in [5.74, 6) is 0.694. The summed E-state index contributed by atoms with van der Waals surface area (Å²) in [5.41, 5.74) is 2.64. The van der Waals surface area contributed by atoms with Gasteiger partial charge in [0.25, 0.3) is 0 Å². The van der Waals surface area contributed by atoms with Crippen molar-refractivity contribution in [3.63, 3.8) is 0 Å². The number of rotatable bonds is 1. The minimum atomic E-state index is 0.659. The molecule has 15 heavy (non-hydrogen) atoms. The molecule has 0 spiro atoms. The standard InChI is InChI=1S/C12H9N3/c1-9-7-10(8-13)3-4-11(9)12-14-5-2-6-15-12/h2-7H,1H3. The van der Waals surface area contributed by atoms with Crippen LogP contribution in [0.2, 0.25) is 0 Å². The van der Waals surface area contributed by atoms with Crippen LogP contribution in [0.5, 0.6) is 0 Å². The second-order valence-electron chi connectivity index (χ2n) is 3.21. The van der Waals surface area contributed by atoms with E-state index in [1.807, 2.05) is 19.1 Å². The van der Waals surface area contributed by atoms with Crippen LogP contribution in [0.1, 0.15) is 11.1 Å². The van der Waals surface area contributed by atoms with Crippen molar-refractivity contribution in [2.75, 3.05) is 0 Å². The second-order valence-corrected chi connectivity index (χ2v) is 3.21. The van der Waals surface area contributed by atoms with Gasteiger partial charge in [-0.2, -0.15) is 5.26 Å². The topological polar surface area (TPSA) is 49.6 Å². The largest absolute Gasteiger partial charge is 0.237 e. The molecule has 3 nitrogen and oxygen atoms in total. The van der Waals surface area contributed by atoms with Crippen LogP contribution >= 0.6 is 0 Å². The lowest BCUT2D eigenvalue weighted by Gasteiger charge is -2.03. The first-order valence-electron chi connectivity index (χ1n) is 4.59. The highest BCUT2D eigenvalue weighted by Crippen LogP contribution is 2.19. The Morgan fingerprint density at radius 1 is 1.20 bits per heavy atom. The van der Waals surface area contributed by atoms with Gasteiger partial charge < -0.3 is 0 Å². The molecule has 1 aromatic carbocycles. The van der Waals surface area contributed by atoms with E-state index in [9.17, 15) is 0 Å². The molecule has 0 aliphatic rings. The molecule has 0 amide bonds. The Kier molecular flexibility index (Phi) is 2.42.